The Labute approximate surface area is 660 Å². The quantitative estimate of drug-likeness (QED) is 0.0146. The third-order valence-corrected chi connectivity index (χ3v) is 16.0. The van der Waals surface area contributed by atoms with Crippen LogP contribution in [-0.4, -0.2) is 109 Å². The molecule has 0 saturated heterocycles. The minimum atomic E-state index is -1.15. The van der Waals surface area contributed by atoms with Crippen molar-refractivity contribution in [2.24, 2.45) is 17.2 Å². The molecule has 3 amide bonds. The van der Waals surface area contributed by atoms with E-state index in [0.717, 1.165) is 9.13 Å². The molecule has 34 nitrogen and oxygen atoms in total. The van der Waals surface area contributed by atoms with Crippen molar-refractivity contribution in [1.29, 1.82) is 5.26 Å². The number of hydrogen-bond donors (Lipinski definition) is 8. The monoisotopic (exact) mass is 1650 g/mol. The van der Waals surface area contributed by atoms with Crippen molar-refractivity contribution >= 4 is 147 Å². The first kappa shape index (κ1) is 98.7. The molecule has 4 atom stereocenters. The number of carbonyl (C=O) groups excluding carboxylic acids is 7. The molecule has 8 aromatic rings. The van der Waals surface area contributed by atoms with E-state index in [4.69, 9.17) is 87.6 Å². The molecule has 0 aliphatic heterocycles. The number of esters is 2. The van der Waals surface area contributed by atoms with Gasteiger partial charge in [0.25, 0.3) is 22.2 Å². The van der Waals surface area contributed by atoms with E-state index in [-0.39, 0.29) is 188 Å². The molecule has 1 saturated carbocycles. The summed E-state index contributed by atoms with van der Waals surface area (Å²) in [6, 6.07) is 7.82. The second kappa shape index (κ2) is 43.0. The number of nitrogen functional groups attached to an aromatic ring is 4. The number of fused-ring (bicyclic) bond motifs is 4. The number of rotatable bonds is 16. The number of alkyl halides is 1. The van der Waals surface area contributed by atoms with Crippen molar-refractivity contribution in [3.8, 4) is 0 Å². The van der Waals surface area contributed by atoms with E-state index in [1.807, 2.05) is 0 Å². The number of carbonyl (C=O) groups is 8. The summed E-state index contributed by atoms with van der Waals surface area (Å²) in [7, 11) is -1.00. The second-order valence-corrected chi connectivity index (χ2v) is 26.4. The fraction of sp³-hybridized carbons (Fsp3) is 0.405. The molecular weight excluding hydrogens is 1560 g/mol. The number of carboxylic acids is 1. The van der Waals surface area contributed by atoms with Gasteiger partial charge in [0, 0.05) is 52.9 Å². The van der Waals surface area contributed by atoms with Crippen molar-refractivity contribution in [1.82, 2.24) is 38.2 Å². The van der Waals surface area contributed by atoms with E-state index in [1.165, 1.54) is 52.5 Å². The van der Waals surface area contributed by atoms with Gasteiger partial charge in [0.1, 0.15) is 58.4 Å². The molecule has 0 radical (unpaired) electrons. The summed E-state index contributed by atoms with van der Waals surface area (Å²) in [5, 5.41) is 15.6. The van der Waals surface area contributed by atoms with Crippen molar-refractivity contribution in [2.75, 3.05) is 30.1 Å². The smallest absolute Gasteiger partial charge is 0.512 e. The van der Waals surface area contributed by atoms with E-state index in [0.29, 0.717) is 39.3 Å². The third kappa shape index (κ3) is 25.4. The van der Waals surface area contributed by atoms with Gasteiger partial charge in [-0.2, -0.15) is 0 Å². The maximum atomic E-state index is 13.0. The van der Waals surface area contributed by atoms with Crippen LogP contribution in [0.25, 0.3) is 58.1 Å². The van der Waals surface area contributed by atoms with Gasteiger partial charge in [-0.05, 0) is 143 Å². The maximum absolute atomic E-state index is 13.0. The number of nitrogens with two attached hydrogens (primary N) is 7. The molecule has 1 aliphatic carbocycles. The summed E-state index contributed by atoms with van der Waals surface area (Å²) in [6.45, 7) is 42.7. The molecule has 4 aromatic carbocycles. The van der Waals surface area contributed by atoms with Gasteiger partial charge in [0.05, 0.1) is 84.3 Å². The maximum Gasteiger partial charge on any atom is 1.00 e. The van der Waals surface area contributed by atoms with Crippen molar-refractivity contribution in [3.63, 3.8) is 0 Å². The largest absolute Gasteiger partial charge is 1.00 e. The molecular formula is C74H94BrCuFN19O15. The molecule has 4 heterocycles. The van der Waals surface area contributed by atoms with Gasteiger partial charge < -0.3 is 66.5 Å². The summed E-state index contributed by atoms with van der Waals surface area (Å²) in [6.07, 6.45) is -0.209. The number of carboxylic acid groups (broad SMARTS) is 1. The molecule has 4 aromatic heterocycles. The topological polar surface area (TPSA) is 534 Å². The molecule has 37 heteroatoms. The first-order valence-electron chi connectivity index (χ1n) is 32.4. The molecule has 600 valence electrons. The fourth-order valence-corrected chi connectivity index (χ4v) is 11.8. The number of hydrogen-bond acceptors (Lipinski definition) is 23. The normalized spacial score (nSPS) is 12.7. The van der Waals surface area contributed by atoms with Crippen LogP contribution < -0.4 is 62.4 Å². The number of aromatic nitrogens is 8. The summed E-state index contributed by atoms with van der Waals surface area (Å²) in [4.78, 5) is 173. The van der Waals surface area contributed by atoms with Crippen LogP contribution >= 0.6 is 15.9 Å². The Morgan fingerprint density at radius 3 is 1.14 bits per heavy atom. The standard InChI is InChI=1S/C19H23N5O4.C18H23BrN4O4.C16H14N4O3.C15H15N5O4.CH3F.CN.4CH4.Cu/c1-10-23-13-9-11(22-5)8-12(20)16(13)18(27)24(10)14(17(21)26)6-7-15(25)28-19(2,3)4;1-9-22-12-8-10(19)7-11(20)15(12)17(26)23(9)13(16(21)25)5-6-14(24)27-18(2,3)4;1-8-19-12-6-9(18-2)5-11(17)15(12)16(23)20(8)13-4-3-10(21)7-14(13)22;1-7-19-10-6-8(18-2)5-9(16)13(10)15(24)20(7)11(14(17)23)3-4-12(21)22;2*1-2;;;;;/h8-9,14H,6-7,20H2,1-4H3,(H2,21,26);7-8,13H,5-6,20H2,1-4H3,(H2,21,25);5-6,13H,3-4,7,17H2,1H3;5-6,11H,3-4,16H2,1H3,(H2,17,23)(H,21,22);1H3;;4*1H4;/q;;;;;-1;;;;;+1/t14-;13-;;11-;;;;;;;/m00.0......./s1/i;;;;1D;;;;;;. The number of primary amides is 3. The van der Waals surface area contributed by atoms with Gasteiger partial charge in [0.2, 0.25) is 17.7 Å². The van der Waals surface area contributed by atoms with E-state index in [1.54, 1.807) is 74.4 Å². The molecule has 0 bridgehead atoms. The van der Waals surface area contributed by atoms with Crippen molar-refractivity contribution in [2.45, 2.75) is 192 Å². The Kier molecular flexibility index (Phi) is 38.3. The van der Waals surface area contributed by atoms with Crippen LogP contribution in [-0.2, 0) is 64.9 Å². The molecule has 1 aliphatic rings. The van der Waals surface area contributed by atoms with Crippen molar-refractivity contribution in [3.05, 3.63) is 159 Å². The van der Waals surface area contributed by atoms with E-state index < -0.39 is 100 Å². The second-order valence-electron chi connectivity index (χ2n) is 25.5. The first-order chi connectivity index (χ1) is 49.9. The number of nitrogens with zero attached hydrogens (tertiary/aromatic N) is 12. The molecule has 1 fully saturated rings. The number of halogens is 2. The van der Waals surface area contributed by atoms with Gasteiger partial charge >= 0.3 is 35.0 Å². The number of ketones is 2. The van der Waals surface area contributed by atoms with Crippen LogP contribution in [0.2, 0.25) is 0 Å². The summed E-state index contributed by atoms with van der Waals surface area (Å²) >= 11 is 3.31. The predicted octanol–water partition coefficient (Wildman–Crippen LogP) is 9.84. The van der Waals surface area contributed by atoms with Crippen LogP contribution in [0.5, 0.6) is 0 Å². The van der Waals surface area contributed by atoms with Gasteiger partial charge in [-0.25, -0.2) is 34.5 Å². The number of ether oxygens (including phenoxy) is 2. The van der Waals surface area contributed by atoms with E-state index in [9.17, 15) is 61.9 Å². The van der Waals surface area contributed by atoms with Gasteiger partial charge in [-0.15, -0.1) is 0 Å². The first-order valence-corrected chi connectivity index (χ1v) is 32.5. The number of amides is 3. The molecule has 9 rings (SSSR count). The SMILES string of the molecule is C.C.C.C.Cc1nc2cc(Br)cc(N)c2c(=O)n1[C@@H](CCC(=O)OC(C)(C)C)C(N)=O.[2H]CF.[C-]#N.[C-]#[N+]c1cc(N)c2c(=O)n(C3CCC(=O)CC3=O)c(C)nc2c1.[C-]#[N+]c1cc(N)c2c(=O)n([C@@H](CCC(=O)O)C(N)=O)c(C)nc2c1.[C-]#[N+]c1cc(N)c2c(=O)n([C@@H](CCC(=O)OC(C)(C)C)C(N)=O)c(C)nc2c1.[Cu+]. The number of aryl methyl sites for hydroxylation is 4. The zero-order valence-electron chi connectivity index (χ0n) is 60.6. The van der Waals surface area contributed by atoms with Gasteiger partial charge in [-0.3, -0.25) is 80.2 Å². The Balaban J connectivity index is 0. The Morgan fingerprint density at radius 1 is 0.559 bits per heavy atom. The van der Waals surface area contributed by atoms with Crippen molar-refractivity contribution < 1.29 is 75.8 Å². The Hall–Kier alpha value is -12.3. The zero-order chi connectivity index (χ0) is 81.2. The van der Waals surface area contributed by atoms with Gasteiger partial charge in [-0.1, -0.05) is 45.6 Å². The average Bonchev–Trinajstić information content (AvgIpc) is 0.784. The number of anilines is 4. The average molecular weight is 1650 g/mol. The van der Waals surface area contributed by atoms with Crippen LogP contribution in [0.1, 0.15) is 178 Å². The number of aliphatic carboxylic acids is 1. The fourth-order valence-electron chi connectivity index (χ4n) is 11.3. The summed E-state index contributed by atoms with van der Waals surface area (Å²) < 4.78 is 31.4. The molecule has 15 N–H and O–H groups in total. The van der Waals surface area contributed by atoms with Crippen LogP contribution in [0, 0.1) is 59.2 Å². The van der Waals surface area contributed by atoms with E-state index in [2.05, 4.69) is 50.4 Å². The zero-order valence-corrected chi connectivity index (χ0v) is 62.2. The van der Waals surface area contributed by atoms with Gasteiger partial charge in [0.15, 0.2) is 22.8 Å². The molecule has 111 heavy (non-hydrogen) atoms. The third-order valence-electron chi connectivity index (χ3n) is 15.5. The molecule has 1 unspecified atom stereocenters. The van der Waals surface area contributed by atoms with Crippen LogP contribution in [0.3, 0.4) is 0 Å². The molecule has 0 spiro atoms. The number of benzene rings is 4. The Morgan fingerprint density at radius 2 is 0.847 bits per heavy atom. The predicted molar refractivity (Wildman–Crippen MR) is 421 cm³/mol. The minimum absolute atomic E-state index is 0. The summed E-state index contributed by atoms with van der Waals surface area (Å²) in [5.41, 5.74) is 39.3. The van der Waals surface area contributed by atoms with Crippen LogP contribution in [0.4, 0.5) is 44.2 Å². The minimum Gasteiger partial charge on any atom is -0.512 e. The van der Waals surface area contributed by atoms with E-state index >= 15 is 0 Å². The Bertz CT molecular complexity index is 5280. The summed E-state index contributed by atoms with van der Waals surface area (Å²) in [5.74, 6) is -3.72. The number of Topliss-reactive ketones (excluding diaryl/α,β-unsaturated/α-hetero) is 2. The van der Waals surface area contributed by atoms with Crippen LogP contribution in [0.15, 0.2) is 72.2 Å².